The third-order valence-electron chi connectivity index (χ3n) is 5.34. The van der Waals surface area contributed by atoms with Gasteiger partial charge in [0.15, 0.2) is 12.4 Å². The van der Waals surface area contributed by atoms with E-state index in [1.54, 1.807) is 6.20 Å². The predicted molar refractivity (Wildman–Crippen MR) is 117 cm³/mol. The van der Waals surface area contributed by atoms with Gasteiger partial charge >= 0.3 is 0 Å². The van der Waals surface area contributed by atoms with E-state index in [0.717, 1.165) is 36.2 Å². The fraction of sp³-hybridized carbons (Fsp3) is 0.391. The Labute approximate surface area is 181 Å². The summed E-state index contributed by atoms with van der Waals surface area (Å²) >= 11 is 0. The van der Waals surface area contributed by atoms with Gasteiger partial charge in [-0.1, -0.05) is 23.4 Å². The van der Waals surface area contributed by atoms with Crippen LogP contribution in [-0.4, -0.2) is 53.2 Å². The van der Waals surface area contributed by atoms with Crippen LogP contribution in [0.1, 0.15) is 36.7 Å². The lowest BCUT2D eigenvalue weighted by atomic mass is 9.95. The van der Waals surface area contributed by atoms with E-state index in [-0.39, 0.29) is 18.6 Å². The molecule has 1 fully saturated rings. The van der Waals surface area contributed by atoms with Crippen molar-refractivity contribution in [3.05, 3.63) is 54.0 Å². The number of hydrogen-bond donors (Lipinski definition) is 0. The molecule has 31 heavy (non-hydrogen) atoms. The van der Waals surface area contributed by atoms with E-state index in [1.165, 1.54) is 0 Å². The van der Waals surface area contributed by atoms with Crippen molar-refractivity contribution in [1.82, 2.24) is 20.0 Å². The number of amides is 1. The van der Waals surface area contributed by atoms with E-state index in [4.69, 9.17) is 14.2 Å². The monoisotopic (exact) mass is 421 g/mol. The van der Waals surface area contributed by atoms with E-state index in [0.29, 0.717) is 24.0 Å². The van der Waals surface area contributed by atoms with Gasteiger partial charge in [0.05, 0.1) is 23.0 Å². The number of benzene rings is 1. The van der Waals surface area contributed by atoms with Gasteiger partial charge in [-0.2, -0.15) is 0 Å². The minimum absolute atomic E-state index is 0.0110. The summed E-state index contributed by atoms with van der Waals surface area (Å²) in [5.74, 6) is 1.82. The molecule has 1 saturated heterocycles. The standard InChI is InChI=1S/C23H27N5O3/c1-16-13-20(31-26-16)18-14-24-23(27(2)3)25-22(18)19-11-7-8-12-28(19)21(29)15-30-17-9-5-4-6-10-17/h4-6,9-10,13-14,19H,7-8,11-12,15H2,1-3H3. The Morgan fingerprint density at radius 3 is 2.77 bits per heavy atom. The molecule has 0 spiro atoms. The summed E-state index contributed by atoms with van der Waals surface area (Å²) in [4.78, 5) is 26.2. The number of likely N-dealkylation sites (tertiary alicyclic amines) is 1. The van der Waals surface area contributed by atoms with Crippen LogP contribution in [0.5, 0.6) is 5.75 Å². The number of aryl methyl sites for hydroxylation is 1. The van der Waals surface area contributed by atoms with E-state index in [1.807, 2.05) is 67.2 Å². The van der Waals surface area contributed by atoms with Gasteiger partial charge in [-0.25, -0.2) is 9.97 Å². The number of ether oxygens (including phenoxy) is 1. The third-order valence-corrected chi connectivity index (χ3v) is 5.34. The molecule has 162 valence electrons. The number of carbonyl (C=O) groups excluding carboxylic acids is 1. The predicted octanol–water partition coefficient (Wildman–Crippen LogP) is 3.64. The number of piperidine rings is 1. The molecule has 8 heteroatoms. The van der Waals surface area contributed by atoms with Crippen LogP contribution in [0.3, 0.4) is 0 Å². The zero-order chi connectivity index (χ0) is 21.8. The average Bonchev–Trinajstić information content (AvgIpc) is 3.23. The molecule has 1 atom stereocenters. The lowest BCUT2D eigenvalue weighted by molar-refractivity contribution is -0.137. The maximum absolute atomic E-state index is 13.1. The molecular weight excluding hydrogens is 394 g/mol. The van der Waals surface area contributed by atoms with Crippen LogP contribution in [-0.2, 0) is 4.79 Å². The lowest BCUT2D eigenvalue weighted by Crippen LogP contribution is -2.41. The van der Waals surface area contributed by atoms with Gasteiger partial charge in [-0.15, -0.1) is 0 Å². The summed E-state index contributed by atoms with van der Waals surface area (Å²) in [6.45, 7) is 2.53. The Hall–Kier alpha value is -3.42. The highest BCUT2D eigenvalue weighted by Gasteiger charge is 2.32. The summed E-state index contributed by atoms with van der Waals surface area (Å²) in [5, 5.41) is 4.01. The molecule has 1 aromatic carbocycles. The normalized spacial score (nSPS) is 16.2. The fourth-order valence-electron chi connectivity index (χ4n) is 3.79. The molecule has 3 heterocycles. The molecule has 8 nitrogen and oxygen atoms in total. The van der Waals surface area contributed by atoms with Gasteiger partial charge in [0, 0.05) is 32.9 Å². The highest BCUT2D eigenvalue weighted by molar-refractivity contribution is 5.79. The quantitative estimate of drug-likeness (QED) is 0.601. The fourth-order valence-corrected chi connectivity index (χ4v) is 3.79. The summed E-state index contributed by atoms with van der Waals surface area (Å²) in [6.07, 6.45) is 4.55. The third kappa shape index (κ3) is 4.68. The van der Waals surface area contributed by atoms with Gasteiger partial charge in [0.25, 0.3) is 5.91 Å². The molecule has 1 aliphatic heterocycles. The molecule has 0 aliphatic carbocycles. The Morgan fingerprint density at radius 2 is 2.06 bits per heavy atom. The average molecular weight is 422 g/mol. The van der Waals surface area contributed by atoms with Crippen LogP contribution in [0.25, 0.3) is 11.3 Å². The van der Waals surface area contributed by atoms with E-state index in [2.05, 4.69) is 10.1 Å². The van der Waals surface area contributed by atoms with Gasteiger partial charge < -0.3 is 19.1 Å². The summed E-state index contributed by atoms with van der Waals surface area (Å²) in [6, 6.07) is 11.1. The van der Waals surface area contributed by atoms with Crippen molar-refractivity contribution >= 4 is 11.9 Å². The highest BCUT2D eigenvalue weighted by Crippen LogP contribution is 2.36. The first-order chi connectivity index (χ1) is 15.0. The Bertz CT molecular complexity index is 1030. The van der Waals surface area contributed by atoms with Crippen molar-refractivity contribution in [2.45, 2.75) is 32.2 Å². The minimum Gasteiger partial charge on any atom is -0.484 e. The van der Waals surface area contributed by atoms with E-state index >= 15 is 0 Å². The molecule has 4 rings (SSSR count). The van der Waals surface area contributed by atoms with Crippen molar-refractivity contribution in [2.75, 3.05) is 32.1 Å². The molecule has 1 aliphatic rings. The lowest BCUT2D eigenvalue weighted by Gasteiger charge is -2.36. The highest BCUT2D eigenvalue weighted by atomic mass is 16.5. The zero-order valence-corrected chi connectivity index (χ0v) is 18.1. The van der Waals surface area contributed by atoms with Crippen molar-refractivity contribution in [3.63, 3.8) is 0 Å². The molecule has 0 saturated carbocycles. The molecule has 1 unspecified atom stereocenters. The van der Waals surface area contributed by atoms with Crippen LogP contribution >= 0.6 is 0 Å². The Balaban J connectivity index is 1.64. The molecule has 2 aromatic heterocycles. The molecule has 1 amide bonds. The first-order valence-corrected chi connectivity index (χ1v) is 10.5. The van der Waals surface area contributed by atoms with Gasteiger partial charge in [0.2, 0.25) is 5.95 Å². The van der Waals surface area contributed by atoms with Gasteiger partial charge in [0.1, 0.15) is 5.75 Å². The topological polar surface area (TPSA) is 84.6 Å². The van der Waals surface area contributed by atoms with Crippen LogP contribution in [0, 0.1) is 6.92 Å². The van der Waals surface area contributed by atoms with Gasteiger partial charge in [-0.05, 0) is 38.3 Å². The van der Waals surface area contributed by atoms with Crippen LogP contribution in [0.2, 0.25) is 0 Å². The van der Waals surface area contributed by atoms with E-state index < -0.39 is 0 Å². The summed E-state index contributed by atoms with van der Waals surface area (Å²) < 4.78 is 11.2. The summed E-state index contributed by atoms with van der Waals surface area (Å²) in [7, 11) is 3.80. The molecule has 0 N–H and O–H groups in total. The number of nitrogens with zero attached hydrogens (tertiary/aromatic N) is 5. The van der Waals surface area contributed by atoms with E-state index in [9.17, 15) is 4.79 Å². The first kappa shape index (κ1) is 20.8. The number of hydrogen-bond acceptors (Lipinski definition) is 7. The number of anilines is 1. The second kappa shape index (κ2) is 9.16. The molecular formula is C23H27N5O3. The van der Waals surface area contributed by atoms with Crippen LogP contribution in [0.15, 0.2) is 47.1 Å². The SMILES string of the molecule is Cc1cc(-c2cnc(N(C)C)nc2C2CCCCN2C(=O)COc2ccccc2)on1. The maximum Gasteiger partial charge on any atom is 0.261 e. The number of carbonyl (C=O) groups is 1. The number of rotatable bonds is 6. The molecule has 0 bridgehead atoms. The second-order valence-electron chi connectivity index (χ2n) is 7.90. The van der Waals surface area contributed by atoms with Crippen molar-refractivity contribution in [1.29, 1.82) is 0 Å². The van der Waals surface area contributed by atoms with Crippen molar-refractivity contribution in [3.8, 4) is 17.1 Å². The second-order valence-corrected chi connectivity index (χ2v) is 7.90. The maximum atomic E-state index is 13.1. The number of para-hydroxylation sites is 1. The smallest absolute Gasteiger partial charge is 0.261 e. The first-order valence-electron chi connectivity index (χ1n) is 10.5. The Kier molecular flexibility index (Phi) is 6.16. The minimum atomic E-state index is -0.178. The Morgan fingerprint density at radius 1 is 1.26 bits per heavy atom. The van der Waals surface area contributed by atoms with Gasteiger partial charge in [-0.3, -0.25) is 4.79 Å². The van der Waals surface area contributed by atoms with Crippen LogP contribution < -0.4 is 9.64 Å². The number of aromatic nitrogens is 3. The van der Waals surface area contributed by atoms with Crippen molar-refractivity contribution in [2.24, 2.45) is 0 Å². The largest absolute Gasteiger partial charge is 0.484 e. The van der Waals surface area contributed by atoms with Crippen molar-refractivity contribution < 1.29 is 14.1 Å². The summed E-state index contributed by atoms with van der Waals surface area (Å²) in [5.41, 5.74) is 2.33. The molecule has 0 radical (unpaired) electrons. The van der Waals surface area contributed by atoms with Crippen LogP contribution in [0.4, 0.5) is 5.95 Å². The molecule has 3 aromatic rings. The zero-order valence-electron chi connectivity index (χ0n) is 18.1.